The van der Waals surface area contributed by atoms with Crippen molar-refractivity contribution in [3.63, 3.8) is 0 Å². The van der Waals surface area contributed by atoms with Crippen LogP contribution in [0.3, 0.4) is 0 Å². The topological polar surface area (TPSA) is 130 Å². The summed E-state index contributed by atoms with van der Waals surface area (Å²) in [5.74, 6) is -0.728. The Morgan fingerprint density at radius 1 is 0.903 bits per heavy atom. The predicted octanol–water partition coefficient (Wildman–Crippen LogP) is 2.12. The highest BCUT2D eigenvalue weighted by Gasteiger charge is 2.32. The van der Waals surface area contributed by atoms with Crippen molar-refractivity contribution in [2.45, 2.75) is 23.3 Å². The summed E-state index contributed by atoms with van der Waals surface area (Å²) in [6.07, 6.45) is 0.243. The largest absolute Gasteiger partial charge is 0.291 e. The van der Waals surface area contributed by atoms with Crippen molar-refractivity contribution >= 4 is 42.6 Å². The van der Waals surface area contributed by atoms with E-state index in [4.69, 9.17) is 0 Å². The first kappa shape index (κ1) is 21.4. The number of nitrogens with zero attached hydrogens (tertiary/aromatic N) is 3. The van der Waals surface area contributed by atoms with Gasteiger partial charge in [0, 0.05) is 12.1 Å². The number of benzene rings is 2. The van der Waals surface area contributed by atoms with Crippen molar-refractivity contribution in [2.75, 3.05) is 4.72 Å². The number of nitrogens with one attached hydrogen (secondary N) is 2. The molecule has 2 aromatic carbocycles. The van der Waals surface area contributed by atoms with Gasteiger partial charge < -0.3 is 0 Å². The number of sulfonamides is 1. The second-order valence-corrected chi connectivity index (χ2v) is 11.9. The van der Waals surface area contributed by atoms with Crippen molar-refractivity contribution in [3.8, 4) is 0 Å². The zero-order valence-electron chi connectivity index (χ0n) is 16.2. The summed E-state index contributed by atoms with van der Waals surface area (Å²) in [6.45, 7) is 0. The van der Waals surface area contributed by atoms with Gasteiger partial charge in [-0.25, -0.2) is 16.8 Å². The predicted molar refractivity (Wildman–Crippen MR) is 120 cm³/mol. The van der Waals surface area contributed by atoms with Crippen molar-refractivity contribution in [1.29, 1.82) is 0 Å². The Kier molecular flexibility index (Phi) is 6.03. The lowest BCUT2D eigenvalue weighted by Gasteiger charge is -2.09. The molecule has 1 atom stereocenters. The zero-order chi connectivity index (χ0) is 21.9. The van der Waals surface area contributed by atoms with Crippen LogP contribution >= 0.6 is 11.3 Å². The van der Waals surface area contributed by atoms with Crippen LogP contribution in [-0.2, 0) is 31.4 Å². The van der Waals surface area contributed by atoms with Crippen molar-refractivity contribution in [3.05, 3.63) is 76.2 Å². The Balaban J connectivity index is 1.38. The molecule has 31 heavy (non-hydrogen) atoms. The second kappa shape index (κ2) is 8.73. The quantitative estimate of drug-likeness (QED) is 0.508. The molecule has 0 aliphatic carbocycles. The summed E-state index contributed by atoms with van der Waals surface area (Å²) in [5.41, 5.74) is 4.66. The first-order valence-electron chi connectivity index (χ1n) is 9.27. The van der Waals surface area contributed by atoms with Crippen molar-refractivity contribution in [2.24, 2.45) is 5.10 Å². The molecule has 3 aromatic rings. The Labute approximate surface area is 184 Å². The summed E-state index contributed by atoms with van der Waals surface area (Å²) >= 11 is 0.967. The molecule has 0 saturated carbocycles. The van der Waals surface area contributed by atoms with E-state index in [-0.39, 0.29) is 27.9 Å². The number of anilines is 1. The number of hydrazone groups is 1. The highest BCUT2D eigenvalue weighted by Crippen LogP contribution is 2.22. The van der Waals surface area contributed by atoms with Crippen LogP contribution in [0.5, 0.6) is 0 Å². The Morgan fingerprint density at radius 2 is 1.52 bits per heavy atom. The number of aromatic nitrogens is 2. The molecule has 0 fully saturated rings. The fourth-order valence-corrected chi connectivity index (χ4v) is 7.04. The number of hydrogen-bond acceptors (Lipinski definition) is 9. The van der Waals surface area contributed by atoms with E-state index in [0.717, 1.165) is 16.9 Å². The van der Waals surface area contributed by atoms with Gasteiger partial charge >= 0.3 is 0 Å². The molecule has 2 heterocycles. The lowest BCUT2D eigenvalue weighted by atomic mass is 10.1. The summed E-state index contributed by atoms with van der Waals surface area (Å²) in [4.78, 5) is 0. The van der Waals surface area contributed by atoms with E-state index in [2.05, 4.69) is 25.4 Å². The van der Waals surface area contributed by atoms with E-state index in [1.807, 2.05) is 30.3 Å². The molecular formula is C19H19N5O4S3. The average Bonchev–Trinajstić information content (AvgIpc) is 3.39. The maximum absolute atomic E-state index is 12.8. The Bertz CT molecular complexity index is 1290. The molecule has 2 N–H and O–H groups in total. The standard InChI is InChI=1S/C19H19N5O4S3/c25-30(26,19-11-16(20-23-19)14-7-3-1-4-8-14)12-17-21-22-18(29-17)13-31(27,28)24-15-9-5-2-6-10-15/h1-10,19,23-24H,11-13H2. The first-order chi connectivity index (χ1) is 14.8. The maximum Gasteiger partial charge on any atom is 0.239 e. The van der Waals surface area contributed by atoms with Crippen molar-refractivity contribution in [1.82, 2.24) is 15.6 Å². The van der Waals surface area contributed by atoms with E-state index in [9.17, 15) is 16.8 Å². The smallest absolute Gasteiger partial charge is 0.239 e. The van der Waals surface area contributed by atoms with Gasteiger partial charge in [-0.2, -0.15) is 5.10 Å². The van der Waals surface area contributed by atoms with Crippen LogP contribution in [0.1, 0.15) is 22.0 Å². The summed E-state index contributed by atoms with van der Waals surface area (Å²) in [7, 11) is -7.31. The number of rotatable bonds is 8. The molecule has 1 aliphatic rings. The third-order valence-electron chi connectivity index (χ3n) is 4.46. The van der Waals surface area contributed by atoms with E-state index >= 15 is 0 Å². The monoisotopic (exact) mass is 477 g/mol. The minimum absolute atomic E-state index is 0.217. The molecule has 162 valence electrons. The molecule has 4 rings (SSSR count). The van der Waals surface area contributed by atoms with Gasteiger partial charge in [0.25, 0.3) is 0 Å². The Morgan fingerprint density at radius 3 is 2.19 bits per heavy atom. The Hall–Kier alpha value is -2.83. The third kappa shape index (κ3) is 5.46. The normalized spacial score (nSPS) is 16.5. The van der Waals surface area contributed by atoms with Gasteiger partial charge in [-0.05, 0) is 17.7 Å². The van der Waals surface area contributed by atoms with Gasteiger partial charge in [-0.3, -0.25) is 10.1 Å². The first-order valence-corrected chi connectivity index (χ1v) is 13.4. The summed E-state index contributed by atoms with van der Waals surface area (Å²) < 4.78 is 52.7. The van der Waals surface area contributed by atoms with Gasteiger partial charge in [0.15, 0.2) is 15.2 Å². The van der Waals surface area contributed by atoms with Crippen LogP contribution in [0.2, 0.25) is 0 Å². The van der Waals surface area contributed by atoms with E-state index < -0.39 is 25.2 Å². The molecular weight excluding hydrogens is 458 g/mol. The van der Waals surface area contributed by atoms with E-state index in [0.29, 0.717) is 11.4 Å². The summed E-state index contributed by atoms with van der Waals surface area (Å²) in [6, 6.07) is 17.8. The lowest BCUT2D eigenvalue weighted by Crippen LogP contribution is -2.31. The molecule has 0 bridgehead atoms. The van der Waals surface area contributed by atoms with Crippen LogP contribution in [0.25, 0.3) is 0 Å². The lowest BCUT2D eigenvalue weighted by molar-refractivity contribution is 0.566. The number of sulfone groups is 1. The van der Waals surface area contributed by atoms with Crippen LogP contribution < -0.4 is 10.1 Å². The molecule has 1 unspecified atom stereocenters. The fourth-order valence-electron chi connectivity index (χ4n) is 3.00. The van der Waals surface area contributed by atoms with Gasteiger partial charge in [0.05, 0.1) is 5.71 Å². The molecule has 0 saturated heterocycles. The van der Waals surface area contributed by atoms with Gasteiger partial charge in [-0.15, -0.1) is 10.2 Å². The molecule has 0 amide bonds. The number of para-hydroxylation sites is 1. The van der Waals surface area contributed by atoms with Gasteiger partial charge in [-0.1, -0.05) is 59.9 Å². The van der Waals surface area contributed by atoms with Gasteiger partial charge in [0.2, 0.25) is 10.0 Å². The second-order valence-electron chi connectivity index (χ2n) is 6.87. The van der Waals surface area contributed by atoms with Crippen LogP contribution in [0, 0.1) is 0 Å². The zero-order valence-corrected chi connectivity index (χ0v) is 18.6. The minimum Gasteiger partial charge on any atom is -0.291 e. The molecule has 0 spiro atoms. The molecule has 12 heteroatoms. The number of hydrogen-bond donors (Lipinski definition) is 2. The maximum atomic E-state index is 12.8. The average molecular weight is 478 g/mol. The van der Waals surface area contributed by atoms with E-state index in [1.54, 1.807) is 30.3 Å². The van der Waals surface area contributed by atoms with Gasteiger partial charge in [0.1, 0.15) is 21.5 Å². The minimum atomic E-state index is -3.69. The van der Waals surface area contributed by atoms with Crippen molar-refractivity contribution < 1.29 is 16.8 Å². The fraction of sp³-hybridized carbons (Fsp3) is 0.211. The molecule has 1 aromatic heterocycles. The highest BCUT2D eigenvalue weighted by atomic mass is 32.2. The molecule has 1 aliphatic heterocycles. The third-order valence-corrected chi connectivity index (χ3v) is 8.76. The summed E-state index contributed by atoms with van der Waals surface area (Å²) in [5, 5.41) is 11.5. The van der Waals surface area contributed by atoms with Crippen LogP contribution in [0.15, 0.2) is 65.8 Å². The van der Waals surface area contributed by atoms with Crippen LogP contribution in [-0.4, -0.2) is 38.1 Å². The molecule has 0 radical (unpaired) electrons. The molecule has 9 nitrogen and oxygen atoms in total. The van der Waals surface area contributed by atoms with Crippen LogP contribution in [0.4, 0.5) is 5.69 Å². The van der Waals surface area contributed by atoms with E-state index in [1.165, 1.54) is 0 Å². The SMILES string of the molecule is O=S(=O)(Cc1nnc(CS(=O)(=O)C2CC(c3ccccc3)=NN2)s1)Nc1ccccc1. The highest BCUT2D eigenvalue weighted by molar-refractivity contribution is 7.92.